The molecule has 0 bridgehead atoms. The SMILES string of the molecule is CC1(C)Cc2cc(-c3cccc(Cl)c3)ccc2C1OC(N)=O. The van der Waals surface area contributed by atoms with E-state index in [-0.39, 0.29) is 11.5 Å². The number of carbonyl (C=O) groups is 1. The Kier molecular flexibility index (Phi) is 3.61. The standard InChI is InChI=1S/C18H18ClNO2/c1-18(2)10-13-8-12(11-4-3-5-14(19)9-11)6-7-15(13)16(18)22-17(20)21/h3-9,16H,10H2,1-2H3,(H2,20,21). The fourth-order valence-corrected chi connectivity index (χ4v) is 3.40. The Balaban J connectivity index is 2.01. The zero-order valence-electron chi connectivity index (χ0n) is 12.6. The van der Waals surface area contributed by atoms with Crippen LogP contribution in [0.5, 0.6) is 0 Å². The van der Waals surface area contributed by atoms with Gasteiger partial charge in [-0.05, 0) is 40.8 Å². The minimum atomic E-state index is -0.732. The maximum Gasteiger partial charge on any atom is 0.405 e. The van der Waals surface area contributed by atoms with Gasteiger partial charge in [0.15, 0.2) is 0 Å². The highest BCUT2D eigenvalue weighted by Crippen LogP contribution is 2.48. The normalized spacial score (nSPS) is 18.8. The van der Waals surface area contributed by atoms with E-state index < -0.39 is 6.09 Å². The molecule has 22 heavy (non-hydrogen) atoms. The first kappa shape index (κ1) is 14.9. The summed E-state index contributed by atoms with van der Waals surface area (Å²) in [6, 6.07) is 14.0. The van der Waals surface area contributed by atoms with E-state index in [1.807, 2.05) is 36.4 Å². The first-order valence-corrected chi connectivity index (χ1v) is 7.59. The van der Waals surface area contributed by atoms with Crippen LogP contribution in [0.15, 0.2) is 42.5 Å². The summed E-state index contributed by atoms with van der Waals surface area (Å²) in [6.07, 6.45) is -0.187. The number of carbonyl (C=O) groups excluding carboxylic acids is 1. The lowest BCUT2D eigenvalue weighted by molar-refractivity contribution is 0.0392. The second kappa shape index (κ2) is 5.33. The number of ether oxygens (including phenoxy) is 1. The van der Waals surface area contributed by atoms with E-state index in [2.05, 4.69) is 19.9 Å². The van der Waals surface area contributed by atoms with Gasteiger partial charge in [0.05, 0.1) is 0 Å². The van der Waals surface area contributed by atoms with Gasteiger partial charge in [-0.3, -0.25) is 0 Å². The minimum absolute atomic E-state index is 0.162. The molecule has 1 atom stereocenters. The van der Waals surface area contributed by atoms with Crippen LogP contribution in [-0.2, 0) is 11.2 Å². The van der Waals surface area contributed by atoms with Gasteiger partial charge in [-0.15, -0.1) is 0 Å². The summed E-state index contributed by atoms with van der Waals surface area (Å²) >= 11 is 6.07. The smallest absolute Gasteiger partial charge is 0.405 e. The predicted octanol–water partition coefficient (Wildman–Crippen LogP) is 4.73. The first-order valence-electron chi connectivity index (χ1n) is 7.22. The van der Waals surface area contributed by atoms with Crippen molar-refractivity contribution in [3.63, 3.8) is 0 Å². The van der Waals surface area contributed by atoms with Crippen LogP contribution in [-0.4, -0.2) is 6.09 Å². The van der Waals surface area contributed by atoms with Crippen molar-refractivity contribution in [2.45, 2.75) is 26.4 Å². The Morgan fingerprint density at radius 3 is 2.64 bits per heavy atom. The lowest BCUT2D eigenvalue weighted by Crippen LogP contribution is -2.25. The number of halogens is 1. The predicted molar refractivity (Wildman–Crippen MR) is 87.8 cm³/mol. The summed E-state index contributed by atoms with van der Waals surface area (Å²) in [5.74, 6) is 0. The number of nitrogens with two attached hydrogens (primary N) is 1. The summed E-state index contributed by atoms with van der Waals surface area (Å²) in [7, 11) is 0. The third-order valence-corrected chi connectivity index (χ3v) is 4.41. The zero-order chi connectivity index (χ0) is 15.9. The molecule has 0 aromatic heterocycles. The first-order chi connectivity index (χ1) is 10.4. The Morgan fingerprint density at radius 1 is 1.23 bits per heavy atom. The van der Waals surface area contributed by atoms with Crippen LogP contribution in [0.3, 0.4) is 0 Å². The van der Waals surface area contributed by atoms with Crippen molar-refractivity contribution < 1.29 is 9.53 Å². The largest absolute Gasteiger partial charge is 0.441 e. The highest BCUT2D eigenvalue weighted by atomic mass is 35.5. The Morgan fingerprint density at radius 2 is 1.95 bits per heavy atom. The molecule has 2 N–H and O–H groups in total. The van der Waals surface area contributed by atoms with Crippen molar-refractivity contribution in [1.82, 2.24) is 0 Å². The Hall–Kier alpha value is -2.00. The van der Waals surface area contributed by atoms with Gasteiger partial charge in [0, 0.05) is 10.4 Å². The molecule has 4 heteroatoms. The van der Waals surface area contributed by atoms with Crippen molar-refractivity contribution in [3.05, 3.63) is 58.6 Å². The van der Waals surface area contributed by atoms with Gasteiger partial charge >= 0.3 is 6.09 Å². The fourth-order valence-electron chi connectivity index (χ4n) is 3.21. The minimum Gasteiger partial charge on any atom is -0.441 e. The topological polar surface area (TPSA) is 52.3 Å². The van der Waals surface area contributed by atoms with E-state index in [1.54, 1.807) is 0 Å². The van der Waals surface area contributed by atoms with Crippen molar-refractivity contribution in [2.24, 2.45) is 11.1 Å². The van der Waals surface area contributed by atoms with Crippen LogP contribution in [0.25, 0.3) is 11.1 Å². The highest BCUT2D eigenvalue weighted by molar-refractivity contribution is 6.30. The lowest BCUT2D eigenvalue weighted by Gasteiger charge is -2.26. The van der Waals surface area contributed by atoms with Crippen LogP contribution >= 0.6 is 11.6 Å². The van der Waals surface area contributed by atoms with Crippen LogP contribution in [0, 0.1) is 5.41 Å². The van der Waals surface area contributed by atoms with Crippen LogP contribution in [0.4, 0.5) is 4.79 Å². The molecule has 0 aliphatic heterocycles. The van der Waals surface area contributed by atoms with E-state index in [0.29, 0.717) is 5.02 Å². The molecular formula is C18H18ClNO2. The average Bonchev–Trinajstić information content (AvgIpc) is 2.68. The van der Waals surface area contributed by atoms with Gasteiger partial charge in [-0.2, -0.15) is 0 Å². The molecule has 2 aromatic rings. The van der Waals surface area contributed by atoms with Gasteiger partial charge in [-0.1, -0.05) is 55.8 Å². The monoisotopic (exact) mass is 315 g/mol. The number of amides is 1. The molecule has 1 aliphatic rings. The van der Waals surface area contributed by atoms with E-state index in [4.69, 9.17) is 22.1 Å². The quantitative estimate of drug-likeness (QED) is 0.871. The van der Waals surface area contributed by atoms with E-state index in [9.17, 15) is 4.79 Å². The molecule has 0 heterocycles. The van der Waals surface area contributed by atoms with Crippen LogP contribution in [0.2, 0.25) is 5.02 Å². The van der Waals surface area contributed by atoms with Gasteiger partial charge in [0.2, 0.25) is 0 Å². The number of benzene rings is 2. The molecule has 1 unspecified atom stereocenters. The molecular weight excluding hydrogens is 298 g/mol. The molecule has 2 aromatic carbocycles. The van der Waals surface area contributed by atoms with Crippen molar-refractivity contribution in [2.75, 3.05) is 0 Å². The highest BCUT2D eigenvalue weighted by Gasteiger charge is 2.41. The second-order valence-corrected chi connectivity index (χ2v) is 6.84. The molecule has 0 radical (unpaired) electrons. The molecule has 3 rings (SSSR count). The summed E-state index contributed by atoms with van der Waals surface area (Å²) in [6.45, 7) is 4.17. The van der Waals surface area contributed by atoms with Gasteiger partial charge in [-0.25, -0.2) is 4.79 Å². The summed E-state index contributed by atoms with van der Waals surface area (Å²) in [5, 5.41) is 0.716. The van der Waals surface area contributed by atoms with E-state index >= 15 is 0 Å². The van der Waals surface area contributed by atoms with Crippen molar-refractivity contribution in [1.29, 1.82) is 0 Å². The summed E-state index contributed by atoms with van der Waals surface area (Å²) in [4.78, 5) is 11.2. The zero-order valence-corrected chi connectivity index (χ0v) is 13.4. The Bertz CT molecular complexity index is 740. The lowest BCUT2D eigenvalue weighted by atomic mass is 9.87. The summed E-state index contributed by atoms with van der Waals surface area (Å²) < 4.78 is 5.34. The third kappa shape index (κ3) is 2.69. The molecule has 0 saturated heterocycles. The molecule has 0 saturated carbocycles. The molecule has 114 valence electrons. The van der Waals surface area contributed by atoms with Crippen molar-refractivity contribution in [3.8, 4) is 11.1 Å². The van der Waals surface area contributed by atoms with Gasteiger partial charge in [0.25, 0.3) is 0 Å². The molecule has 1 aliphatic carbocycles. The van der Waals surface area contributed by atoms with Crippen LogP contribution < -0.4 is 5.73 Å². The molecule has 0 spiro atoms. The molecule has 1 amide bonds. The average molecular weight is 316 g/mol. The van der Waals surface area contributed by atoms with Crippen LogP contribution in [0.1, 0.15) is 31.1 Å². The van der Waals surface area contributed by atoms with Gasteiger partial charge < -0.3 is 10.5 Å². The summed E-state index contributed by atoms with van der Waals surface area (Å²) in [5.41, 5.74) is 9.46. The Labute approximate surface area is 135 Å². The maximum atomic E-state index is 11.2. The van der Waals surface area contributed by atoms with Gasteiger partial charge in [0.1, 0.15) is 6.10 Å². The molecule has 3 nitrogen and oxygen atoms in total. The fraction of sp³-hybridized carbons (Fsp3) is 0.278. The number of hydrogen-bond acceptors (Lipinski definition) is 2. The second-order valence-electron chi connectivity index (χ2n) is 6.41. The van der Waals surface area contributed by atoms with E-state index in [1.165, 1.54) is 5.56 Å². The van der Waals surface area contributed by atoms with Crippen molar-refractivity contribution >= 4 is 17.7 Å². The number of fused-ring (bicyclic) bond motifs is 1. The number of rotatable bonds is 2. The molecule has 0 fully saturated rings. The number of hydrogen-bond donors (Lipinski definition) is 1. The third-order valence-electron chi connectivity index (χ3n) is 4.17. The maximum absolute atomic E-state index is 11.2. The number of primary amides is 1. The van der Waals surface area contributed by atoms with E-state index in [0.717, 1.165) is 23.1 Å².